The van der Waals surface area contributed by atoms with E-state index in [0.717, 1.165) is 5.56 Å². The molecule has 0 bridgehead atoms. The van der Waals surface area contributed by atoms with E-state index in [1.54, 1.807) is 0 Å². The Morgan fingerprint density at radius 1 is 1.18 bits per heavy atom. The first-order valence-corrected chi connectivity index (χ1v) is 10.2. The van der Waals surface area contributed by atoms with Crippen LogP contribution in [0.1, 0.15) is 25.1 Å². The topological polar surface area (TPSA) is 16.1 Å². The molecule has 148 valence electrons. The van der Waals surface area contributed by atoms with Crippen LogP contribution in [0, 0.1) is 0 Å². The first-order chi connectivity index (χ1) is 13.4. The van der Waals surface area contributed by atoms with E-state index in [0.29, 0.717) is 32.2 Å². The second kappa shape index (κ2) is 10.2. The number of nitrogens with zero attached hydrogens (tertiary/aromatic N) is 2. The molecule has 1 aromatic carbocycles. The number of alkyl halides is 2. The van der Waals surface area contributed by atoms with Crippen molar-refractivity contribution in [1.82, 2.24) is 9.88 Å². The largest absolute Gasteiger partial charge is 0.333 e. The summed E-state index contributed by atoms with van der Waals surface area (Å²) in [4.78, 5) is 5.73. The molecule has 1 aliphatic heterocycles. The van der Waals surface area contributed by atoms with Crippen LogP contribution in [0.3, 0.4) is 0 Å². The molecular weight excluding hydrogens is 469 g/mol. The van der Waals surface area contributed by atoms with E-state index in [4.69, 9.17) is 23.2 Å². The summed E-state index contributed by atoms with van der Waals surface area (Å²) in [5.41, 5.74) is 2.80. The van der Waals surface area contributed by atoms with Gasteiger partial charge in [-0.05, 0) is 33.6 Å². The second-order valence-corrected chi connectivity index (χ2v) is 7.25. The van der Waals surface area contributed by atoms with Crippen LogP contribution >= 0.6 is 39.1 Å². The Morgan fingerprint density at radius 2 is 1.82 bits per heavy atom. The van der Waals surface area contributed by atoms with Crippen molar-refractivity contribution in [1.29, 1.82) is 0 Å². The molecule has 0 spiro atoms. The number of hydrogen-bond donors (Lipinski definition) is 0. The summed E-state index contributed by atoms with van der Waals surface area (Å²) in [6.07, 6.45) is 0.708. The molecular formula is C21H19BrCl2F2N2. The minimum Gasteiger partial charge on any atom is -0.333 e. The van der Waals surface area contributed by atoms with Gasteiger partial charge in [-0.2, -0.15) is 0 Å². The number of allylic oxidation sites excluding steroid dienone is 3. The lowest BCUT2D eigenvalue weighted by atomic mass is 9.97. The zero-order valence-corrected chi connectivity index (χ0v) is 18.5. The average molecular weight is 488 g/mol. The maximum absolute atomic E-state index is 13.3. The summed E-state index contributed by atoms with van der Waals surface area (Å²) in [6, 6.07) is 11.0. The van der Waals surface area contributed by atoms with Crippen LogP contribution in [0.2, 0.25) is 10.0 Å². The Morgan fingerprint density at radius 3 is 2.39 bits per heavy atom. The molecule has 0 radical (unpaired) electrons. The maximum atomic E-state index is 13.3. The van der Waals surface area contributed by atoms with Crippen LogP contribution < -0.4 is 0 Å². The van der Waals surface area contributed by atoms with Crippen LogP contribution in [-0.4, -0.2) is 22.9 Å². The molecule has 1 aliphatic rings. The Kier molecular flexibility index (Phi) is 8.23. The molecule has 0 N–H and O–H groups in total. The van der Waals surface area contributed by atoms with Gasteiger partial charge in [0.1, 0.15) is 5.69 Å². The summed E-state index contributed by atoms with van der Waals surface area (Å²) in [5.74, 6) is 0. The van der Waals surface area contributed by atoms with E-state index in [9.17, 15) is 8.78 Å². The number of benzene rings is 1. The summed E-state index contributed by atoms with van der Waals surface area (Å²) < 4.78 is 27.2. The van der Waals surface area contributed by atoms with Crippen LogP contribution in [-0.2, 0) is 0 Å². The highest BCUT2D eigenvalue weighted by Crippen LogP contribution is 2.42. The predicted octanol–water partition coefficient (Wildman–Crippen LogP) is 7.66. The molecule has 2 heterocycles. The minimum atomic E-state index is -2.57. The molecule has 2 nitrogen and oxygen atoms in total. The van der Waals surface area contributed by atoms with Gasteiger partial charge in [0.25, 0.3) is 6.43 Å². The van der Waals surface area contributed by atoms with Crippen molar-refractivity contribution < 1.29 is 8.78 Å². The van der Waals surface area contributed by atoms with Crippen LogP contribution in [0.4, 0.5) is 8.78 Å². The number of rotatable bonds is 4. The van der Waals surface area contributed by atoms with Gasteiger partial charge in [-0.3, -0.25) is 4.98 Å². The highest BCUT2D eigenvalue weighted by atomic mass is 79.9. The van der Waals surface area contributed by atoms with E-state index in [2.05, 4.69) is 27.5 Å². The van der Waals surface area contributed by atoms with Crippen LogP contribution in [0.5, 0.6) is 0 Å². The van der Waals surface area contributed by atoms with Crippen molar-refractivity contribution >= 4 is 50.4 Å². The molecule has 28 heavy (non-hydrogen) atoms. The van der Waals surface area contributed by atoms with Crippen molar-refractivity contribution in [3.05, 3.63) is 86.7 Å². The van der Waals surface area contributed by atoms with Crippen LogP contribution in [0.15, 0.2) is 65.4 Å². The highest BCUT2D eigenvalue weighted by molar-refractivity contribution is 9.12. The van der Waals surface area contributed by atoms with Crippen molar-refractivity contribution in [2.24, 2.45) is 0 Å². The van der Waals surface area contributed by atoms with Gasteiger partial charge in [0, 0.05) is 21.9 Å². The van der Waals surface area contributed by atoms with Gasteiger partial charge in [-0.25, -0.2) is 8.78 Å². The molecule has 1 aromatic heterocycles. The Hall–Kier alpha value is -1.69. The van der Waals surface area contributed by atoms with Gasteiger partial charge in [0.2, 0.25) is 0 Å². The van der Waals surface area contributed by atoms with Crippen LogP contribution in [0.25, 0.3) is 11.3 Å². The summed E-state index contributed by atoms with van der Waals surface area (Å²) in [5, 5.41) is 0.645. The van der Waals surface area contributed by atoms with Crippen molar-refractivity contribution in [3.63, 3.8) is 0 Å². The molecule has 0 unspecified atom stereocenters. The van der Waals surface area contributed by atoms with Gasteiger partial charge in [-0.15, -0.1) is 0 Å². The SMILES string of the molecule is C=C1C(Br)=CC(c2ccccc2)=C(c2ncc(Cl)cc2Cl)N1CC(F)F.CC. The van der Waals surface area contributed by atoms with E-state index in [1.807, 2.05) is 50.3 Å². The Labute approximate surface area is 182 Å². The monoisotopic (exact) mass is 486 g/mol. The molecule has 3 rings (SSSR count). The predicted molar refractivity (Wildman–Crippen MR) is 118 cm³/mol. The third kappa shape index (κ3) is 5.02. The van der Waals surface area contributed by atoms with Crippen molar-refractivity contribution in [2.75, 3.05) is 6.54 Å². The molecule has 0 saturated heterocycles. The van der Waals surface area contributed by atoms with Gasteiger partial charge >= 0.3 is 0 Å². The first-order valence-electron chi connectivity index (χ1n) is 8.61. The van der Waals surface area contributed by atoms with Gasteiger partial charge in [0.15, 0.2) is 0 Å². The molecule has 0 amide bonds. The summed E-state index contributed by atoms with van der Waals surface area (Å²) in [6.45, 7) is 7.39. The molecule has 0 fully saturated rings. The van der Waals surface area contributed by atoms with Crippen molar-refractivity contribution in [3.8, 4) is 0 Å². The van der Waals surface area contributed by atoms with Gasteiger partial charge in [-0.1, -0.05) is 74.0 Å². The number of pyridine rings is 1. The fourth-order valence-electron chi connectivity index (χ4n) is 2.71. The zero-order valence-electron chi connectivity index (χ0n) is 15.4. The van der Waals surface area contributed by atoms with Crippen molar-refractivity contribution in [2.45, 2.75) is 20.3 Å². The molecule has 7 heteroatoms. The fraction of sp³-hybridized carbons (Fsp3) is 0.190. The third-order valence-corrected chi connectivity index (χ3v) is 5.02. The number of halogens is 5. The first kappa shape index (κ1) is 22.6. The third-order valence-electron chi connectivity index (χ3n) is 3.84. The molecule has 0 aliphatic carbocycles. The molecule has 2 aromatic rings. The average Bonchev–Trinajstić information content (AvgIpc) is 2.68. The number of aromatic nitrogens is 1. The lowest BCUT2D eigenvalue weighted by Crippen LogP contribution is -2.30. The smallest absolute Gasteiger partial charge is 0.256 e. The van der Waals surface area contributed by atoms with Gasteiger partial charge < -0.3 is 4.90 Å². The minimum absolute atomic E-state index is 0.277. The highest BCUT2D eigenvalue weighted by Gasteiger charge is 2.29. The van der Waals surface area contributed by atoms with E-state index in [1.165, 1.54) is 17.2 Å². The van der Waals surface area contributed by atoms with E-state index < -0.39 is 13.0 Å². The van der Waals surface area contributed by atoms with E-state index >= 15 is 0 Å². The lowest BCUT2D eigenvalue weighted by molar-refractivity contribution is 0.123. The van der Waals surface area contributed by atoms with Gasteiger partial charge in [0.05, 0.1) is 22.3 Å². The Bertz CT molecular complexity index is 912. The maximum Gasteiger partial charge on any atom is 0.256 e. The second-order valence-electron chi connectivity index (χ2n) is 5.55. The van der Waals surface area contributed by atoms with E-state index in [-0.39, 0.29) is 5.02 Å². The number of hydrogen-bond acceptors (Lipinski definition) is 2. The zero-order chi connectivity index (χ0) is 20.8. The fourth-order valence-corrected chi connectivity index (χ4v) is 3.62. The summed E-state index contributed by atoms with van der Waals surface area (Å²) >= 11 is 15.7. The quantitative estimate of drug-likeness (QED) is 0.440. The summed E-state index contributed by atoms with van der Waals surface area (Å²) in [7, 11) is 0. The lowest BCUT2D eigenvalue weighted by Gasteiger charge is -2.34. The molecule has 0 atom stereocenters. The standard InChI is InChI=1S/C19H13BrCl2F2N2.C2H6/c1-11-15(20)8-14(12-5-3-2-4-6-12)19(26(11)10-17(23)24)18-16(22)7-13(21)9-25-18;1-2/h2-9,17H,1,10H2;1-2H3. The molecule has 0 saturated carbocycles. The Balaban J connectivity index is 0.00000136. The normalized spacial score (nSPS) is 14.1.